The van der Waals surface area contributed by atoms with Crippen LogP contribution in [-0.2, 0) is 11.2 Å². The molecule has 0 radical (unpaired) electrons. The van der Waals surface area contributed by atoms with Crippen molar-refractivity contribution in [2.45, 2.75) is 25.8 Å². The monoisotopic (exact) mass is 334 g/mol. The van der Waals surface area contributed by atoms with E-state index in [1.54, 1.807) is 0 Å². The standard InChI is InChI=1S/C13H19BrN2O.ClH/c1-10(15-2)9-16-13(17)8-7-11-5-3-4-6-12(11)14;/h3-6,10,15H,7-9H2,1-2H3,(H,16,17);1H. The van der Waals surface area contributed by atoms with Crippen molar-refractivity contribution >= 4 is 34.2 Å². The Morgan fingerprint density at radius 2 is 2.06 bits per heavy atom. The van der Waals surface area contributed by atoms with Crippen molar-refractivity contribution in [2.75, 3.05) is 13.6 Å². The van der Waals surface area contributed by atoms with E-state index in [1.807, 2.05) is 38.2 Å². The number of halogens is 2. The van der Waals surface area contributed by atoms with Gasteiger partial charge in [0, 0.05) is 23.5 Å². The zero-order valence-electron chi connectivity index (χ0n) is 10.7. The maximum Gasteiger partial charge on any atom is 0.220 e. The van der Waals surface area contributed by atoms with Crippen molar-refractivity contribution in [3.63, 3.8) is 0 Å². The quantitative estimate of drug-likeness (QED) is 0.839. The molecule has 5 heteroatoms. The van der Waals surface area contributed by atoms with E-state index in [0.717, 1.165) is 10.9 Å². The van der Waals surface area contributed by atoms with Gasteiger partial charge in [-0.2, -0.15) is 0 Å². The van der Waals surface area contributed by atoms with Crippen LogP contribution in [0.15, 0.2) is 28.7 Å². The normalized spacial score (nSPS) is 11.5. The molecule has 0 saturated heterocycles. The third kappa shape index (κ3) is 6.38. The van der Waals surface area contributed by atoms with Crippen LogP contribution >= 0.6 is 28.3 Å². The van der Waals surface area contributed by atoms with Crippen LogP contribution in [0.1, 0.15) is 18.9 Å². The summed E-state index contributed by atoms with van der Waals surface area (Å²) in [6.07, 6.45) is 1.29. The van der Waals surface area contributed by atoms with Crippen molar-refractivity contribution in [1.82, 2.24) is 10.6 Å². The maximum absolute atomic E-state index is 11.6. The lowest BCUT2D eigenvalue weighted by atomic mass is 10.1. The summed E-state index contributed by atoms with van der Waals surface area (Å²) in [5.74, 6) is 0.0999. The fraction of sp³-hybridized carbons (Fsp3) is 0.462. The number of amides is 1. The number of carbonyl (C=O) groups is 1. The average Bonchev–Trinajstić information content (AvgIpc) is 2.35. The first-order valence-corrected chi connectivity index (χ1v) is 6.60. The molecule has 1 rings (SSSR count). The van der Waals surface area contributed by atoms with Crippen molar-refractivity contribution < 1.29 is 4.79 Å². The van der Waals surface area contributed by atoms with Crippen LogP contribution in [-0.4, -0.2) is 25.5 Å². The first-order valence-electron chi connectivity index (χ1n) is 5.81. The highest BCUT2D eigenvalue weighted by Crippen LogP contribution is 2.17. The Hall–Kier alpha value is -0.580. The molecule has 0 aromatic heterocycles. The van der Waals surface area contributed by atoms with E-state index in [-0.39, 0.29) is 18.3 Å². The van der Waals surface area contributed by atoms with Gasteiger partial charge < -0.3 is 10.6 Å². The van der Waals surface area contributed by atoms with Crippen molar-refractivity contribution in [1.29, 1.82) is 0 Å². The number of hydrogen-bond acceptors (Lipinski definition) is 2. The van der Waals surface area contributed by atoms with E-state index in [1.165, 1.54) is 5.56 Å². The van der Waals surface area contributed by atoms with Crippen molar-refractivity contribution in [3.8, 4) is 0 Å². The van der Waals surface area contributed by atoms with E-state index in [9.17, 15) is 4.79 Å². The van der Waals surface area contributed by atoms with Crippen LogP contribution in [0.25, 0.3) is 0 Å². The van der Waals surface area contributed by atoms with Gasteiger partial charge in [0.1, 0.15) is 0 Å². The molecule has 1 unspecified atom stereocenters. The number of nitrogens with one attached hydrogen (secondary N) is 2. The average molecular weight is 336 g/mol. The minimum absolute atomic E-state index is 0. The summed E-state index contributed by atoms with van der Waals surface area (Å²) in [6.45, 7) is 2.71. The first kappa shape index (κ1) is 17.4. The van der Waals surface area contributed by atoms with Gasteiger partial charge in [0.2, 0.25) is 5.91 Å². The Balaban J connectivity index is 0.00000289. The van der Waals surface area contributed by atoms with Crippen LogP contribution in [0.4, 0.5) is 0 Å². The fourth-order valence-corrected chi connectivity index (χ4v) is 1.89. The Labute approximate surface area is 123 Å². The van der Waals surface area contributed by atoms with E-state index < -0.39 is 0 Å². The number of benzene rings is 1. The molecular formula is C13H20BrClN2O. The lowest BCUT2D eigenvalue weighted by Crippen LogP contribution is -2.37. The summed E-state index contributed by atoms with van der Waals surface area (Å²) < 4.78 is 1.07. The van der Waals surface area contributed by atoms with Gasteiger partial charge in [0.25, 0.3) is 0 Å². The number of carbonyl (C=O) groups excluding carboxylic acids is 1. The number of likely N-dealkylation sites (N-methyl/N-ethyl adjacent to an activating group) is 1. The highest BCUT2D eigenvalue weighted by atomic mass is 79.9. The summed E-state index contributed by atoms with van der Waals surface area (Å²) >= 11 is 3.48. The molecule has 3 nitrogen and oxygen atoms in total. The highest BCUT2D eigenvalue weighted by Gasteiger charge is 2.05. The minimum atomic E-state index is 0. The van der Waals surface area contributed by atoms with Crippen LogP contribution in [0, 0.1) is 0 Å². The first-order chi connectivity index (χ1) is 8.13. The summed E-state index contributed by atoms with van der Waals surface area (Å²) in [4.78, 5) is 11.6. The van der Waals surface area contributed by atoms with Gasteiger partial charge in [-0.05, 0) is 32.0 Å². The largest absolute Gasteiger partial charge is 0.355 e. The maximum atomic E-state index is 11.6. The second kappa shape index (κ2) is 9.36. The molecule has 102 valence electrons. The second-order valence-electron chi connectivity index (χ2n) is 4.09. The molecule has 0 spiro atoms. The van der Waals surface area contributed by atoms with Crippen molar-refractivity contribution in [3.05, 3.63) is 34.3 Å². The van der Waals surface area contributed by atoms with E-state index in [4.69, 9.17) is 0 Å². The zero-order chi connectivity index (χ0) is 12.7. The van der Waals surface area contributed by atoms with Crippen molar-refractivity contribution in [2.24, 2.45) is 0 Å². The molecule has 1 amide bonds. The van der Waals surface area contributed by atoms with E-state index >= 15 is 0 Å². The predicted molar refractivity (Wildman–Crippen MR) is 81.2 cm³/mol. The molecule has 0 fully saturated rings. The van der Waals surface area contributed by atoms with E-state index in [2.05, 4.69) is 26.6 Å². The van der Waals surface area contributed by atoms with Gasteiger partial charge >= 0.3 is 0 Å². The molecule has 1 aromatic rings. The lowest BCUT2D eigenvalue weighted by Gasteiger charge is -2.11. The van der Waals surface area contributed by atoms with Crippen LogP contribution in [0.5, 0.6) is 0 Å². The number of rotatable bonds is 6. The molecule has 0 saturated carbocycles. The summed E-state index contributed by atoms with van der Waals surface area (Å²) in [5, 5.41) is 5.99. The summed E-state index contributed by atoms with van der Waals surface area (Å²) in [7, 11) is 1.89. The number of hydrogen-bond donors (Lipinski definition) is 2. The van der Waals surface area contributed by atoms with Gasteiger partial charge in [-0.3, -0.25) is 4.79 Å². The molecule has 1 atom stereocenters. The van der Waals surface area contributed by atoms with Gasteiger partial charge in [0.05, 0.1) is 0 Å². The topological polar surface area (TPSA) is 41.1 Å². The Kier molecular flexibility index (Phi) is 9.06. The Morgan fingerprint density at radius 3 is 2.67 bits per heavy atom. The predicted octanol–water partition coefficient (Wildman–Crippen LogP) is 2.53. The molecule has 1 aromatic carbocycles. The minimum Gasteiger partial charge on any atom is -0.355 e. The Bertz CT molecular complexity index is 374. The van der Waals surface area contributed by atoms with Gasteiger partial charge in [0.15, 0.2) is 0 Å². The van der Waals surface area contributed by atoms with E-state index in [0.29, 0.717) is 19.0 Å². The molecule has 0 aliphatic carbocycles. The fourth-order valence-electron chi connectivity index (χ4n) is 1.41. The summed E-state index contributed by atoms with van der Waals surface area (Å²) in [6, 6.07) is 8.30. The van der Waals surface area contributed by atoms with Crippen LogP contribution in [0.2, 0.25) is 0 Å². The lowest BCUT2D eigenvalue weighted by molar-refractivity contribution is -0.121. The van der Waals surface area contributed by atoms with Gasteiger partial charge in [-0.15, -0.1) is 12.4 Å². The molecule has 18 heavy (non-hydrogen) atoms. The highest BCUT2D eigenvalue weighted by molar-refractivity contribution is 9.10. The second-order valence-corrected chi connectivity index (χ2v) is 4.94. The molecular weight excluding hydrogens is 316 g/mol. The molecule has 0 aliphatic rings. The summed E-state index contributed by atoms with van der Waals surface area (Å²) in [5.41, 5.74) is 1.17. The molecule has 2 N–H and O–H groups in total. The van der Waals surface area contributed by atoms with Gasteiger partial charge in [-0.25, -0.2) is 0 Å². The molecule has 0 bridgehead atoms. The van der Waals surface area contributed by atoms with Crippen LogP contribution in [0.3, 0.4) is 0 Å². The van der Waals surface area contributed by atoms with Crippen LogP contribution < -0.4 is 10.6 Å². The molecule has 0 heterocycles. The van der Waals surface area contributed by atoms with Gasteiger partial charge in [-0.1, -0.05) is 34.1 Å². The Morgan fingerprint density at radius 1 is 1.39 bits per heavy atom. The third-order valence-corrected chi connectivity index (χ3v) is 3.45. The SMILES string of the molecule is CNC(C)CNC(=O)CCc1ccccc1Br.Cl. The molecule has 0 aliphatic heterocycles. The number of aryl methyl sites for hydroxylation is 1. The zero-order valence-corrected chi connectivity index (χ0v) is 13.1. The third-order valence-electron chi connectivity index (χ3n) is 2.68. The smallest absolute Gasteiger partial charge is 0.220 e.